The minimum Gasteiger partial charge on any atom is -0.352 e. The number of benzene rings is 2. The number of carbonyl (C=O) groups is 2. The van der Waals surface area contributed by atoms with Crippen LogP contribution in [0.5, 0.6) is 0 Å². The number of halogens is 4. The monoisotopic (exact) mass is 528 g/mol. The lowest BCUT2D eigenvalue weighted by molar-refractivity contribution is -0.141. The highest BCUT2D eigenvalue weighted by Crippen LogP contribution is 2.28. The van der Waals surface area contributed by atoms with Crippen molar-refractivity contribution >= 4 is 58.2 Å². The molecule has 1 aliphatic carbocycles. The third-order valence-corrected chi connectivity index (χ3v) is 7.38. The van der Waals surface area contributed by atoms with Crippen LogP contribution in [0.4, 0.5) is 0 Å². The first kappa shape index (κ1) is 26.2. The molecule has 0 radical (unpaired) electrons. The van der Waals surface area contributed by atoms with E-state index in [1.54, 1.807) is 41.3 Å². The molecule has 0 spiro atoms. The molecule has 0 saturated heterocycles. The van der Waals surface area contributed by atoms with E-state index in [4.69, 9.17) is 46.4 Å². The maximum Gasteiger partial charge on any atom is 0.243 e. The molecule has 2 amide bonds. The average molecular weight is 530 g/mol. The van der Waals surface area contributed by atoms with E-state index in [0.717, 1.165) is 25.7 Å². The molecule has 0 aliphatic heterocycles. The number of amides is 2. The van der Waals surface area contributed by atoms with Gasteiger partial charge in [-0.25, -0.2) is 0 Å². The molecule has 1 aliphatic rings. The Morgan fingerprint density at radius 3 is 2.27 bits per heavy atom. The second kappa shape index (κ2) is 12.3. The van der Waals surface area contributed by atoms with Crippen LogP contribution >= 0.6 is 46.4 Å². The van der Waals surface area contributed by atoms with Gasteiger partial charge in [0, 0.05) is 38.2 Å². The van der Waals surface area contributed by atoms with Crippen molar-refractivity contribution in [3.63, 3.8) is 0 Å². The van der Waals surface area contributed by atoms with Gasteiger partial charge in [0.15, 0.2) is 0 Å². The Bertz CT molecular complexity index is 972. The van der Waals surface area contributed by atoms with E-state index in [1.165, 1.54) is 6.42 Å². The fourth-order valence-electron chi connectivity index (χ4n) is 4.25. The summed E-state index contributed by atoms with van der Waals surface area (Å²) in [7, 11) is 0. The number of carbonyl (C=O) groups excluding carboxylic acids is 2. The lowest BCUT2D eigenvalue weighted by atomic mass is 9.95. The molecule has 0 unspecified atom stereocenters. The van der Waals surface area contributed by atoms with Crippen LogP contribution in [-0.4, -0.2) is 28.8 Å². The molecular formula is C25H28Cl4N2O2. The summed E-state index contributed by atoms with van der Waals surface area (Å²) < 4.78 is 0. The molecule has 178 valence electrons. The first-order valence-electron chi connectivity index (χ1n) is 11.3. The Morgan fingerprint density at radius 2 is 1.67 bits per heavy atom. The summed E-state index contributed by atoms with van der Waals surface area (Å²) in [6.07, 6.45) is 5.83. The summed E-state index contributed by atoms with van der Waals surface area (Å²) in [6.45, 7) is 2.02. The summed E-state index contributed by atoms with van der Waals surface area (Å²) in [5, 5.41) is 4.97. The molecular weight excluding hydrogens is 502 g/mol. The van der Waals surface area contributed by atoms with E-state index in [2.05, 4.69) is 5.32 Å². The summed E-state index contributed by atoms with van der Waals surface area (Å²) in [5.41, 5.74) is 1.25. The number of nitrogens with one attached hydrogen (secondary N) is 1. The summed E-state index contributed by atoms with van der Waals surface area (Å²) >= 11 is 25.1. The summed E-state index contributed by atoms with van der Waals surface area (Å²) in [4.78, 5) is 28.4. The van der Waals surface area contributed by atoms with Gasteiger partial charge in [-0.2, -0.15) is 0 Å². The van der Waals surface area contributed by atoms with Gasteiger partial charge in [0.1, 0.15) is 6.04 Å². The van der Waals surface area contributed by atoms with Crippen molar-refractivity contribution in [2.75, 3.05) is 0 Å². The highest BCUT2D eigenvalue weighted by molar-refractivity contribution is 6.36. The van der Waals surface area contributed by atoms with Crippen molar-refractivity contribution in [3.05, 3.63) is 67.6 Å². The van der Waals surface area contributed by atoms with Crippen LogP contribution in [0.3, 0.4) is 0 Å². The molecule has 0 heterocycles. The molecule has 0 bridgehead atoms. The van der Waals surface area contributed by atoms with Crippen molar-refractivity contribution in [1.29, 1.82) is 0 Å². The standard InChI is InChI=1S/C25H28Cl4N2O2/c1-2-23(25(33)30-18-7-4-3-5-8-18)31(15-19-20(27)9-6-10-21(19)28)24(32)13-16-11-12-17(26)14-22(16)29/h6,9-12,14,18,23H,2-5,7-8,13,15H2,1H3,(H,30,33)/t23-/m1/s1. The first-order chi connectivity index (χ1) is 15.8. The lowest BCUT2D eigenvalue weighted by Crippen LogP contribution is -2.52. The van der Waals surface area contributed by atoms with Crippen molar-refractivity contribution in [2.45, 2.75) is 70.5 Å². The zero-order valence-electron chi connectivity index (χ0n) is 18.6. The molecule has 1 atom stereocenters. The van der Waals surface area contributed by atoms with Gasteiger partial charge in [-0.05, 0) is 49.1 Å². The van der Waals surface area contributed by atoms with E-state index in [1.807, 2.05) is 6.92 Å². The fourth-order valence-corrected chi connectivity index (χ4v) is 5.24. The van der Waals surface area contributed by atoms with Gasteiger partial charge in [0.2, 0.25) is 11.8 Å². The minimum absolute atomic E-state index is 0.0330. The molecule has 3 rings (SSSR count). The average Bonchev–Trinajstić information content (AvgIpc) is 2.78. The van der Waals surface area contributed by atoms with Crippen LogP contribution in [0.25, 0.3) is 0 Å². The summed E-state index contributed by atoms with van der Waals surface area (Å²) in [5.74, 6) is -0.385. The van der Waals surface area contributed by atoms with E-state index in [9.17, 15) is 9.59 Å². The van der Waals surface area contributed by atoms with Gasteiger partial charge in [0.25, 0.3) is 0 Å². The van der Waals surface area contributed by atoms with Crippen LogP contribution in [0, 0.1) is 0 Å². The maximum atomic E-state index is 13.5. The Hall–Kier alpha value is -1.46. The predicted octanol–water partition coefficient (Wildman–Crippen LogP) is 7.10. The van der Waals surface area contributed by atoms with E-state index in [0.29, 0.717) is 37.6 Å². The van der Waals surface area contributed by atoms with Crippen molar-refractivity contribution in [3.8, 4) is 0 Å². The Morgan fingerprint density at radius 1 is 1.00 bits per heavy atom. The zero-order chi connectivity index (χ0) is 24.0. The zero-order valence-corrected chi connectivity index (χ0v) is 21.6. The van der Waals surface area contributed by atoms with E-state index in [-0.39, 0.29) is 30.8 Å². The second-order valence-corrected chi connectivity index (χ2v) is 10.1. The van der Waals surface area contributed by atoms with Crippen molar-refractivity contribution in [2.24, 2.45) is 0 Å². The van der Waals surface area contributed by atoms with Crippen LogP contribution < -0.4 is 5.32 Å². The van der Waals surface area contributed by atoms with Crippen LogP contribution in [-0.2, 0) is 22.6 Å². The Balaban J connectivity index is 1.88. The smallest absolute Gasteiger partial charge is 0.243 e. The molecule has 8 heteroatoms. The number of hydrogen-bond acceptors (Lipinski definition) is 2. The van der Waals surface area contributed by atoms with E-state index >= 15 is 0 Å². The van der Waals surface area contributed by atoms with Crippen LogP contribution in [0.1, 0.15) is 56.6 Å². The van der Waals surface area contributed by atoms with Crippen molar-refractivity contribution < 1.29 is 9.59 Å². The maximum absolute atomic E-state index is 13.5. The van der Waals surface area contributed by atoms with Crippen LogP contribution in [0.2, 0.25) is 20.1 Å². The number of nitrogens with zero attached hydrogens (tertiary/aromatic N) is 1. The van der Waals surface area contributed by atoms with Crippen molar-refractivity contribution in [1.82, 2.24) is 10.2 Å². The van der Waals surface area contributed by atoms with E-state index < -0.39 is 6.04 Å². The highest BCUT2D eigenvalue weighted by Gasteiger charge is 2.31. The molecule has 0 aromatic heterocycles. The molecule has 1 saturated carbocycles. The predicted molar refractivity (Wildman–Crippen MR) is 136 cm³/mol. The summed E-state index contributed by atoms with van der Waals surface area (Å²) in [6, 6.07) is 9.72. The third-order valence-electron chi connectivity index (χ3n) is 6.08. The Labute approximate surface area is 215 Å². The topological polar surface area (TPSA) is 49.4 Å². The normalized spacial score (nSPS) is 15.2. The second-order valence-electron chi connectivity index (χ2n) is 8.40. The lowest BCUT2D eigenvalue weighted by Gasteiger charge is -2.33. The minimum atomic E-state index is -0.655. The van der Waals surface area contributed by atoms with Gasteiger partial charge in [-0.3, -0.25) is 9.59 Å². The SMILES string of the molecule is CC[C@H](C(=O)NC1CCCCC1)N(Cc1c(Cl)cccc1Cl)C(=O)Cc1ccc(Cl)cc1Cl. The highest BCUT2D eigenvalue weighted by atomic mass is 35.5. The Kier molecular flexibility index (Phi) is 9.75. The van der Waals surface area contributed by atoms with Crippen LogP contribution in [0.15, 0.2) is 36.4 Å². The molecule has 4 nitrogen and oxygen atoms in total. The van der Waals surface area contributed by atoms with Gasteiger partial charge in [-0.15, -0.1) is 0 Å². The quantitative estimate of drug-likeness (QED) is 0.396. The third kappa shape index (κ3) is 7.02. The fraction of sp³-hybridized carbons (Fsp3) is 0.440. The molecule has 33 heavy (non-hydrogen) atoms. The number of rotatable bonds is 8. The molecule has 1 N–H and O–H groups in total. The number of hydrogen-bond donors (Lipinski definition) is 1. The van der Waals surface area contributed by atoms with Gasteiger partial charge in [-0.1, -0.05) is 84.7 Å². The first-order valence-corrected chi connectivity index (χ1v) is 12.8. The molecule has 1 fully saturated rings. The largest absolute Gasteiger partial charge is 0.352 e. The molecule has 2 aromatic carbocycles. The molecule has 2 aromatic rings. The van der Waals surface area contributed by atoms with Gasteiger partial charge in [0.05, 0.1) is 6.42 Å². The van der Waals surface area contributed by atoms with Gasteiger partial charge >= 0.3 is 0 Å². The van der Waals surface area contributed by atoms with Gasteiger partial charge < -0.3 is 10.2 Å².